The lowest BCUT2D eigenvalue weighted by Crippen LogP contribution is -2.45. The number of anilines is 1. The van der Waals surface area contributed by atoms with Crippen LogP contribution in [0, 0.1) is 6.92 Å². The summed E-state index contributed by atoms with van der Waals surface area (Å²) in [5.74, 6) is 0. The van der Waals surface area contributed by atoms with Gasteiger partial charge in [0.25, 0.3) is 0 Å². The Morgan fingerprint density at radius 2 is 2.12 bits per heavy atom. The number of hydrogen-bond donors (Lipinski definition) is 1. The Kier molecular flexibility index (Phi) is 3.01. The third-order valence-corrected chi connectivity index (χ3v) is 4.46. The van der Waals surface area contributed by atoms with Gasteiger partial charge >= 0.3 is 0 Å². The Hall–Kier alpha value is -0.540. The predicted octanol–water partition coefficient (Wildman–Crippen LogP) is 3.11. The summed E-state index contributed by atoms with van der Waals surface area (Å²) in [7, 11) is 0. The smallest absolute Gasteiger partial charge is 0.0783 e. The van der Waals surface area contributed by atoms with Crippen molar-refractivity contribution in [3.05, 3.63) is 28.2 Å². The molecule has 88 valence electrons. The molecule has 1 heterocycles. The third kappa shape index (κ3) is 1.87. The van der Waals surface area contributed by atoms with Crippen molar-refractivity contribution in [1.82, 2.24) is 0 Å². The van der Waals surface area contributed by atoms with E-state index in [0.29, 0.717) is 0 Å². The number of halogens is 1. The van der Waals surface area contributed by atoms with E-state index in [0.717, 1.165) is 17.4 Å². The predicted molar refractivity (Wildman–Crippen MR) is 70.9 cm³/mol. The van der Waals surface area contributed by atoms with Crippen molar-refractivity contribution in [1.29, 1.82) is 0 Å². The molecule has 1 N–H and O–H groups in total. The van der Waals surface area contributed by atoms with E-state index in [1.165, 1.54) is 11.3 Å². The quantitative estimate of drug-likeness (QED) is 0.856. The average Bonchev–Trinajstić information content (AvgIpc) is 2.47. The molecule has 1 saturated heterocycles. The monoisotopic (exact) mass is 283 g/mol. The van der Waals surface area contributed by atoms with E-state index >= 15 is 0 Å². The van der Waals surface area contributed by atoms with Crippen LogP contribution in [0.5, 0.6) is 0 Å². The van der Waals surface area contributed by atoms with Crippen LogP contribution in [0.4, 0.5) is 5.69 Å². The largest absolute Gasteiger partial charge is 0.391 e. The van der Waals surface area contributed by atoms with Crippen molar-refractivity contribution in [2.75, 3.05) is 11.4 Å². The molecule has 1 unspecified atom stereocenters. The van der Waals surface area contributed by atoms with Gasteiger partial charge in [-0.15, -0.1) is 0 Å². The maximum atomic E-state index is 9.96. The van der Waals surface area contributed by atoms with Crippen LogP contribution >= 0.6 is 15.9 Å². The minimum absolute atomic E-state index is 0.172. The van der Waals surface area contributed by atoms with Crippen molar-refractivity contribution in [2.45, 2.75) is 38.8 Å². The lowest BCUT2D eigenvalue weighted by molar-refractivity contribution is 0.127. The Balaban J connectivity index is 2.35. The van der Waals surface area contributed by atoms with E-state index in [2.05, 4.69) is 59.8 Å². The molecule has 1 aromatic carbocycles. The zero-order chi connectivity index (χ0) is 11.9. The average molecular weight is 284 g/mol. The highest BCUT2D eigenvalue weighted by Crippen LogP contribution is 2.35. The third-order valence-electron chi connectivity index (χ3n) is 3.60. The van der Waals surface area contributed by atoms with E-state index in [4.69, 9.17) is 0 Å². The summed E-state index contributed by atoms with van der Waals surface area (Å²) in [5, 5.41) is 9.96. The molecule has 0 bridgehead atoms. The van der Waals surface area contributed by atoms with Crippen LogP contribution in [0.25, 0.3) is 0 Å². The van der Waals surface area contributed by atoms with Gasteiger partial charge in [0.05, 0.1) is 11.6 Å². The molecular formula is C13H18BrNO. The van der Waals surface area contributed by atoms with Crippen molar-refractivity contribution < 1.29 is 5.11 Å². The van der Waals surface area contributed by atoms with Crippen LogP contribution in [0.2, 0.25) is 0 Å². The number of nitrogens with zero attached hydrogens (tertiary/aromatic N) is 1. The van der Waals surface area contributed by atoms with Crippen molar-refractivity contribution in [3.63, 3.8) is 0 Å². The molecule has 3 heteroatoms. The van der Waals surface area contributed by atoms with Gasteiger partial charge in [0.2, 0.25) is 0 Å². The second-order valence-corrected chi connectivity index (χ2v) is 5.90. The normalized spacial score (nSPS) is 23.8. The van der Waals surface area contributed by atoms with Gasteiger partial charge in [-0.05, 0) is 44.9 Å². The van der Waals surface area contributed by atoms with Gasteiger partial charge in [-0.25, -0.2) is 0 Å². The summed E-state index contributed by atoms with van der Waals surface area (Å²) >= 11 is 3.56. The maximum absolute atomic E-state index is 9.96. The molecule has 2 rings (SSSR count). The molecule has 1 fully saturated rings. The molecule has 0 spiro atoms. The molecule has 0 radical (unpaired) electrons. The number of hydrogen-bond acceptors (Lipinski definition) is 2. The fourth-order valence-electron chi connectivity index (χ4n) is 2.28. The van der Waals surface area contributed by atoms with Crippen molar-refractivity contribution >= 4 is 21.6 Å². The number of aliphatic hydroxyl groups is 1. The summed E-state index contributed by atoms with van der Waals surface area (Å²) in [4.78, 5) is 2.28. The highest BCUT2D eigenvalue weighted by molar-refractivity contribution is 9.10. The minimum Gasteiger partial charge on any atom is -0.391 e. The number of aryl methyl sites for hydroxylation is 1. The Morgan fingerprint density at radius 1 is 1.44 bits per heavy atom. The molecule has 0 saturated carbocycles. The summed E-state index contributed by atoms with van der Waals surface area (Å²) in [6, 6.07) is 6.37. The second kappa shape index (κ2) is 4.04. The first-order chi connectivity index (χ1) is 7.43. The first-order valence-corrected chi connectivity index (χ1v) is 6.44. The van der Waals surface area contributed by atoms with Gasteiger partial charge < -0.3 is 10.0 Å². The fraction of sp³-hybridized carbons (Fsp3) is 0.538. The van der Waals surface area contributed by atoms with E-state index in [9.17, 15) is 5.11 Å². The number of rotatable bonds is 1. The molecule has 0 aliphatic carbocycles. The van der Waals surface area contributed by atoms with E-state index in [1.54, 1.807) is 0 Å². The SMILES string of the molecule is Cc1ccc(N2CCC(O)C2(C)C)cc1Br. The topological polar surface area (TPSA) is 23.5 Å². The van der Waals surface area contributed by atoms with Gasteiger partial charge in [0.1, 0.15) is 0 Å². The standard InChI is InChI=1S/C13H18BrNO/c1-9-4-5-10(8-11(9)14)15-7-6-12(16)13(15,2)3/h4-5,8,12,16H,6-7H2,1-3H3. The molecular weight excluding hydrogens is 266 g/mol. The van der Waals surface area contributed by atoms with Crippen LogP contribution < -0.4 is 4.90 Å². The van der Waals surface area contributed by atoms with Gasteiger partial charge in [0.15, 0.2) is 0 Å². The molecule has 1 atom stereocenters. The Bertz CT molecular complexity index is 403. The van der Waals surface area contributed by atoms with E-state index in [-0.39, 0.29) is 11.6 Å². The van der Waals surface area contributed by atoms with Crippen molar-refractivity contribution in [3.8, 4) is 0 Å². The van der Waals surface area contributed by atoms with Crippen molar-refractivity contribution in [2.24, 2.45) is 0 Å². The highest BCUT2D eigenvalue weighted by atomic mass is 79.9. The molecule has 1 aliphatic rings. The zero-order valence-electron chi connectivity index (χ0n) is 10.00. The molecule has 2 nitrogen and oxygen atoms in total. The van der Waals surface area contributed by atoms with Crippen LogP contribution in [-0.4, -0.2) is 23.3 Å². The summed E-state index contributed by atoms with van der Waals surface area (Å²) in [5.41, 5.74) is 2.25. The minimum atomic E-state index is -0.243. The van der Waals surface area contributed by atoms with E-state index < -0.39 is 0 Å². The van der Waals surface area contributed by atoms with E-state index in [1.807, 2.05) is 0 Å². The van der Waals surface area contributed by atoms with Crippen LogP contribution in [0.3, 0.4) is 0 Å². The molecule has 1 aliphatic heterocycles. The summed E-state index contributed by atoms with van der Waals surface area (Å²) in [6.07, 6.45) is 0.603. The molecule has 16 heavy (non-hydrogen) atoms. The zero-order valence-corrected chi connectivity index (χ0v) is 11.6. The highest BCUT2D eigenvalue weighted by Gasteiger charge is 2.40. The first kappa shape index (κ1) is 11.9. The van der Waals surface area contributed by atoms with Crippen LogP contribution in [-0.2, 0) is 0 Å². The summed E-state index contributed by atoms with van der Waals surface area (Å²) in [6.45, 7) is 7.19. The van der Waals surface area contributed by atoms with Crippen LogP contribution in [0.1, 0.15) is 25.8 Å². The molecule has 1 aromatic rings. The number of benzene rings is 1. The Morgan fingerprint density at radius 3 is 2.62 bits per heavy atom. The Labute approximate surface area is 105 Å². The van der Waals surface area contributed by atoms with Gasteiger partial charge in [-0.3, -0.25) is 0 Å². The summed E-state index contributed by atoms with van der Waals surface area (Å²) < 4.78 is 1.13. The maximum Gasteiger partial charge on any atom is 0.0783 e. The molecule has 0 amide bonds. The number of aliphatic hydroxyl groups excluding tert-OH is 1. The van der Waals surface area contributed by atoms with Gasteiger partial charge in [0, 0.05) is 16.7 Å². The van der Waals surface area contributed by atoms with Gasteiger partial charge in [-0.2, -0.15) is 0 Å². The lowest BCUT2D eigenvalue weighted by Gasteiger charge is -2.35. The fourth-order valence-corrected chi connectivity index (χ4v) is 2.65. The van der Waals surface area contributed by atoms with Crippen LogP contribution in [0.15, 0.2) is 22.7 Å². The molecule has 0 aromatic heterocycles. The second-order valence-electron chi connectivity index (χ2n) is 5.04. The van der Waals surface area contributed by atoms with Gasteiger partial charge in [-0.1, -0.05) is 22.0 Å². The first-order valence-electron chi connectivity index (χ1n) is 5.65. The lowest BCUT2D eigenvalue weighted by atomic mass is 9.98.